The zero-order valence-electron chi connectivity index (χ0n) is 16.8. The van der Waals surface area contributed by atoms with Crippen LogP contribution in [0, 0.1) is 6.92 Å². The molecule has 4 heteroatoms. The first-order valence-electron chi connectivity index (χ1n) is 9.73. The first-order valence-corrected chi connectivity index (χ1v) is 9.73. The zero-order chi connectivity index (χ0) is 19.4. The molecule has 1 aliphatic rings. The molecule has 0 radical (unpaired) electrons. The number of alkyl carbamates (subject to hydrolysis) is 1. The van der Waals surface area contributed by atoms with Gasteiger partial charge in [-0.15, -0.1) is 0 Å². The Kier molecular flexibility index (Phi) is 5.73. The number of hydrogen-bond acceptors (Lipinski definition) is 3. The predicted octanol–water partition coefficient (Wildman–Crippen LogP) is 5.68. The van der Waals surface area contributed by atoms with E-state index in [4.69, 9.17) is 4.74 Å². The predicted molar refractivity (Wildman–Crippen MR) is 111 cm³/mol. The van der Waals surface area contributed by atoms with Gasteiger partial charge in [0.2, 0.25) is 0 Å². The number of benzene rings is 2. The van der Waals surface area contributed by atoms with Crippen LogP contribution in [0.2, 0.25) is 0 Å². The zero-order valence-corrected chi connectivity index (χ0v) is 16.8. The number of ether oxygens (including phenoxy) is 1. The van der Waals surface area contributed by atoms with E-state index in [1.54, 1.807) is 0 Å². The van der Waals surface area contributed by atoms with Gasteiger partial charge in [0.25, 0.3) is 0 Å². The standard InChI is InChI=1S/C23H30N2O2/c1-16-8-10-19(11-9-16)25-20-12-13-21-17(14-20)6-5-7-18(21)15-24-22(26)27-23(2,3)4/h8-14,18,25H,5-7,15H2,1-4H3,(H,24,26)/t18-/m0/s1. The lowest BCUT2D eigenvalue weighted by Gasteiger charge is -2.27. The van der Waals surface area contributed by atoms with Gasteiger partial charge in [-0.1, -0.05) is 23.8 Å². The van der Waals surface area contributed by atoms with Gasteiger partial charge in [0.15, 0.2) is 0 Å². The highest BCUT2D eigenvalue weighted by Crippen LogP contribution is 2.33. The lowest BCUT2D eigenvalue weighted by molar-refractivity contribution is 0.0523. The Morgan fingerprint density at radius 1 is 1.11 bits per heavy atom. The fraction of sp³-hybridized carbons (Fsp3) is 0.435. The maximum absolute atomic E-state index is 12.0. The maximum atomic E-state index is 12.0. The first-order chi connectivity index (χ1) is 12.8. The van der Waals surface area contributed by atoms with Crippen molar-refractivity contribution in [3.8, 4) is 0 Å². The van der Waals surface area contributed by atoms with E-state index in [9.17, 15) is 4.79 Å². The van der Waals surface area contributed by atoms with E-state index in [-0.39, 0.29) is 6.09 Å². The second-order valence-corrected chi connectivity index (χ2v) is 8.38. The van der Waals surface area contributed by atoms with Gasteiger partial charge in [-0.05, 0) is 82.3 Å². The number of amides is 1. The van der Waals surface area contributed by atoms with Crippen molar-refractivity contribution in [2.24, 2.45) is 0 Å². The second kappa shape index (κ2) is 8.03. The summed E-state index contributed by atoms with van der Waals surface area (Å²) < 4.78 is 5.35. The summed E-state index contributed by atoms with van der Waals surface area (Å²) in [5.41, 5.74) is 5.70. The molecule has 2 N–H and O–H groups in total. The Balaban J connectivity index is 1.65. The van der Waals surface area contributed by atoms with Crippen molar-refractivity contribution in [3.63, 3.8) is 0 Å². The molecule has 0 saturated carbocycles. The number of hydrogen-bond donors (Lipinski definition) is 2. The molecule has 0 bridgehead atoms. The number of aryl methyl sites for hydroxylation is 2. The Hall–Kier alpha value is -2.49. The van der Waals surface area contributed by atoms with Crippen LogP contribution in [-0.2, 0) is 11.2 Å². The van der Waals surface area contributed by atoms with Gasteiger partial charge in [0, 0.05) is 23.8 Å². The van der Waals surface area contributed by atoms with Gasteiger partial charge in [0.1, 0.15) is 5.60 Å². The van der Waals surface area contributed by atoms with Crippen LogP contribution >= 0.6 is 0 Å². The molecule has 4 nitrogen and oxygen atoms in total. The minimum Gasteiger partial charge on any atom is -0.444 e. The van der Waals surface area contributed by atoms with Crippen LogP contribution in [0.15, 0.2) is 42.5 Å². The summed E-state index contributed by atoms with van der Waals surface area (Å²) in [6.45, 7) is 8.35. The van der Waals surface area contributed by atoms with Gasteiger partial charge < -0.3 is 15.4 Å². The molecule has 1 aliphatic carbocycles. The molecular weight excluding hydrogens is 336 g/mol. The van der Waals surface area contributed by atoms with Crippen LogP contribution < -0.4 is 10.6 Å². The van der Waals surface area contributed by atoms with Crippen molar-refractivity contribution >= 4 is 17.5 Å². The minimum atomic E-state index is -0.467. The van der Waals surface area contributed by atoms with E-state index in [0.717, 1.165) is 30.6 Å². The van der Waals surface area contributed by atoms with Crippen LogP contribution in [0.5, 0.6) is 0 Å². The maximum Gasteiger partial charge on any atom is 0.407 e. The smallest absolute Gasteiger partial charge is 0.407 e. The third-order valence-corrected chi connectivity index (χ3v) is 4.81. The average Bonchev–Trinajstić information content (AvgIpc) is 2.60. The molecule has 1 amide bonds. The Labute approximate surface area is 162 Å². The highest BCUT2D eigenvalue weighted by atomic mass is 16.6. The van der Waals surface area contributed by atoms with E-state index in [1.165, 1.54) is 16.7 Å². The molecule has 0 heterocycles. The lowest BCUT2D eigenvalue weighted by atomic mass is 9.82. The largest absolute Gasteiger partial charge is 0.444 e. The van der Waals surface area contributed by atoms with Crippen LogP contribution in [0.4, 0.5) is 16.2 Å². The van der Waals surface area contributed by atoms with Crippen LogP contribution in [-0.4, -0.2) is 18.2 Å². The van der Waals surface area contributed by atoms with Crippen molar-refractivity contribution in [2.45, 2.75) is 58.5 Å². The van der Waals surface area contributed by atoms with Gasteiger partial charge in [-0.3, -0.25) is 0 Å². The molecule has 27 heavy (non-hydrogen) atoms. The summed E-state index contributed by atoms with van der Waals surface area (Å²) in [6, 6.07) is 15.0. The molecule has 1 atom stereocenters. The number of carbonyl (C=O) groups excluding carboxylic acids is 1. The van der Waals surface area contributed by atoms with Crippen LogP contribution in [0.3, 0.4) is 0 Å². The Morgan fingerprint density at radius 2 is 1.81 bits per heavy atom. The van der Waals surface area contributed by atoms with Crippen LogP contribution in [0.1, 0.15) is 56.2 Å². The molecule has 0 aliphatic heterocycles. The van der Waals surface area contributed by atoms with Crippen molar-refractivity contribution in [3.05, 3.63) is 59.2 Å². The highest BCUT2D eigenvalue weighted by molar-refractivity contribution is 5.68. The summed E-state index contributed by atoms with van der Waals surface area (Å²) in [6.07, 6.45) is 2.98. The normalized spacial score (nSPS) is 16.4. The van der Waals surface area contributed by atoms with E-state index in [2.05, 4.69) is 60.0 Å². The Bertz CT molecular complexity index is 791. The summed E-state index contributed by atoms with van der Waals surface area (Å²) >= 11 is 0. The molecule has 144 valence electrons. The van der Waals surface area contributed by atoms with Crippen molar-refractivity contribution in [1.82, 2.24) is 5.32 Å². The second-order valence-electron chi connectivity index (χ2n) is 8.38. The van der Waals surface area contributed by atoms with Crippen LogP contribution in [0.25, 0.3) is 0 Å². The number of carbonyl (C=O) groups is 1. The SMILES string of the molecule is Cc1ccc(Nc2ccc3c(c2)CCC[C@H]3CNC(=O)OC(C)(C)C)cc1. The highest BCUT2D eigenvalue weighted by Gasteiger charge is 2.22. The van der Waals surface area contributed by atoms with E-state index < -0.39 is 5.60 Å². The van der Waals surface area contributed by atoms with E-state index in [0.29, 0.717) is 12.5 Å². The molecule has 0 saturated heterocycles. The number of fused-ring (bicyclic) bond motifs is 1. The van der Waals surface area contributed by atoms with Gasteiger partial charge in [-0.25, -0.2) is 4.79 Å². The number of nitrogens with one attached hydrogen (secondary N) is 2. The summed E-state index contributed by atoms with van der Waals surface area (Å²) in [4.78, 5) is 12.0. The quantitative estimate of drug-likeness (QED) is 0.731. The van der Waals surface area contributed by atoms with Crippen molar-refractivity contribution in [2.75, 3.05) is 11.9 Å². The lowest BCUT2D eigenvalue weighted by Crippen LogP contribution is -2.35. The van der Waals surface area contributed by atoms with Crippen molar-refractivity contribution < 1.29 is 9.53 Å². The number of rotatable bonds is 4. The average molecular weight is 367 g/mol. The van der Waals surface area contributed by atoms with Gasteiger partial charge in [0.05, 0.1) is 0 Å². The molecule has 2 aromatic rings. The molecule has 0 unspecified atom stereocenters. The molecule has 0 fully saturated rings. The first kappa shape index (κ1) is 19.3. The van der Waals surface area contributed by atoms with E-state index >= 15 is 0 Å². The summed E-state index contributed by atoms with van der Waals surface area (Å²) in [7, 11) is 0. The monoisotopic (exact) mass is 366 g/mol. The third-order valence-electron chi connectivity index (χ3n) is 4.81. The molecule has 2 aromatic carbocycles. The summed E-state index contributed by atoms with van der Waals surface area (Å²) in [5, 5.41) is 6.42. The van der Waals surface area contributed by atoms with Gasteiger partial charge in [-0.2, -0.15) is 0 Å². The third kappa shape index (κ3) is 5.49. The molecular formula is C23H30N2O2. The Morgan fingerprint density at radius 3 is 2.52 bits per heavy atom. The van der Waals surface area contributed by atoms with E-state index in [1.807, 2.05) is 20.8 Å². The fourth-order valence-corrected chi connectivity index (χ4v) is 3.53. The number of anilines is 2. The van der Waals surface area contributed by atoms with Crippen molar-refractivity contribution in [1.29, 1.82) is 0 Å². The summed E-state index contributed by atoms with van der Waals surface area (Å²) in [5.74, 6) is 0.342. The topological polar surface area (TPSA) is 50.4 Å². The molecule has 0 aromatic heterocycles. The van der Waals surface area contributed by atoms with Gasteiger partial charge >= 0.3 is 6.09 Å². The molecule has 0 spiro atoms. The minimum absolute atomic E-state index is 0.340. The fourth-order valence-electron chi connectivity index (χ4n) is 3.53. The molecule has 3 rings (SSSR count).